The number of carboxylic acid groups (broad SMARTS) is 1. The van der Waals surface area contributed by atoms with E-state index in [1.807, 2.05) is 0 Å². The molecule has 1 amide bonds. The van der Waals surface area contributed by atoms with Crippen molar-refractivity contribution in [2.45, 2.75) is 44.2 Å². The van der Waals surface area contributed by atoms with E-state index in [1.54, 1.807) is 0 Å². The second-order valence-corrected chi connectivity index (χ2v) is 5.17. The summed E-state index contributed by atoms with van der Waals surface area (Å²) in [7, 11) is 0. The minimum atomic E-state index is -1.02. The lowest BCUT2D eigenvalue weighted by atomic mass is 10.0. The lowest BCUT2D eigenvalue weighted by Crippen LogP contribution is -2.42. The molecule has 0 aliphatic heterocycles. The van der Waals surface area contributed by atoms with Gasteiger partial charge >= 0.3 is 5.97 Å². The summed E-state index contributed by atoms with van der Waals surface area (Å²) in [6.07, 6.45) is 4.06. The highest BCUT2D eigenvalue weighted by molar-refractivity contribution is 5.96. The van der Waals surface area contributed by atoms with Gasteiger partial charge in [-0.15, -0.1) is 0 Å². The van der Waals surface area contributed by atoms with Crippen molar-refractivity contribution in [3.05, 3.63) is 35.4 Å². The van der Waals surface area contributed by atoms with Crippen molar-refractivity contribution in [1.82, 2.24) is 5.32 Å². The van der Waals surface area contributed by atoms with Crippen LogP contribution < -0.4 is 5.32 Å². The van der Waals surface area contributed by atoms with Gasteiger partial charge in [-0.2, -0.15) is 0 Å². The number of hydrogen-bond acceptors (Lipinski definition) is 3. The van der Waals surface area contributed by atoms with Crippen molar-refractivity contribution in [3.8, 4) is 0 Å². The molecule has 1 aliphatic rings. The molecule has 108 valence electrons. The molecule has 1 saturated carbocycles. The molecule has 3 N–H and O–H groups in total. The molecule has 5 heteroatoms. The molecule has 2 unspecified atom stereocenters. The molecule has 2 rings (SSSR count). The van der Waals surface area contributed by atoms with Crippen LogP contribution in [0, 0.1) is 0 Å². The Kier molecular flexibility index (Phi) is 4.74. The largest absolute Gasteiger partial charge is 0.478 e. The van der Waals surface area contributed by atoms with E-state index < -0.39 is 12.1 Å². The number of carboxylic acids is 1. The summed E-state index contributed by atoms with van der Waals surface area (Å²) in [5.41, 5.74) is 0.558. The van der Waals surface area contributed by atoms with E-state index in [2.05, 4.69) is 5.32 Å². The van der Waals surface area contributed by atoms with Crippen LogP contribution in [0.3, 0.4) is 0 Å². The van der Waals surface area contributed by atoms with Gasteiger partial charge < -0.3 is 15.5 Å². The first-order valence-corrected chi connectivity index (χ1v) is 6.90. The van der Waals surface area contributed by atoms with E-state index in [0.717, 1.165) is 25.7 Å². The fourth-order valence-electron chi connectivity index (χ4n) is 2.47. The molecule has 0 aromatic heterocycles. The average Bonchev–Trinajstić information content (AvgIpc) is 2.64. The summed E-state index contributed by atoms with van der Waals surface area (Å²) in [5, 5.41) is 21.6. The van der Waals surface area contributed by atoms with Gasteiger partial charge in [-0.1, -0.05) is 19.3 Å². The summed E-state index contributed by atoms with van der Waals surface area (Å²) >= 11 is 0. The Bertz CT molecular complexity index is 483. The highest BCUT2D eigenvalue weighted by Gasteiger charge is 2.23. The van der Waals surface area contributed by atoms with Gasteiger partial charge in [0.1, 0.15) is 0 Å². The summed E-state index contributed by atoms with van der Waals surface area (Å²) < 4.78 is 0. The summed E-state index contributed by atoms with van der Waals surface area (Å²) in [6, 6.07) is 5.56. The van der Waals surface area contributed by atoms with Gasteiger partial charge in [0, 0.05) is 5.56 Å². The van der Waals surface area contributed by atoms with Gasteiger partial charge in [0.25, 0.3) is 5.91 Å². The maximum atomic E-state index is 12.1. The zero-order valence-corrected chi connectivity index (χ0v) is 11.2. The molecule has 2 atom stereocenters. The molecule has 0 heterocycles. The van der Waals surface area contributed by atoms with E-state index in [4.69, 9.17) is 5.11 Å². The van der Waals surface area contributed by atoms with Gasteiger partial charge in [0.15, 0.2) is 0 Å². The van der Waals surface area contributed by atoms with Crippen LogP contribution in [0.4, 0.5) is 0 Å². The van der Waals surface area contributed by atoms with Crippen molar-refractivity contribution in [3.63, 3.8) is 0 Å². The number of amides is 1. The third kappa shape index (κ3) is 3.57. The number of aromatic carboxylic acids is 1. The molecule has 0 saturated heterocycles. The molecule has 20 heavy (non-hydrogen) atoms. The monoisotopic (exact) mass is 277 g/mol. The van der Waals surface area contributed by atoms with Crippen molar-refractivity contribution < 1.29 is 19.8 Å². The van der Waals surface area contributed by atoms with E-state index in [0.29, 0.717) is 12.0 Å². The molecule has 5 nitrogen and oxygen atoms in total. The van der Waals surface area contributed by atoms with Crippen molar-refractivity contribution in [1.29, 1.82) is 0 Å². The third-order valence-corrected chi connectivity index (χ3v) is 3.69. The van der Waals surface area contributed by atoms with Crippen LogP contribution in [0.15, 0.2) is 24.3 Å². The maximum Gasteiger partial charge on any atom is 0.335 e. The smallest absolute Gasteiger partial charge is 0.335 e. The highest BCUT2D eigenvalue weighted by atomic mass is 16.4. The Labute approximate surface area is 117 Å². The van der Waals surface area contributed by atoms with E-state index in [-0.39, 0.29) is 17.5 Å². The number of rotatable bonds is 3. The van der Waals surface area contributed by atoms with Crippen LogP contribution in [-0.4, -0.2) is 34.2 Å². The first kappa shape index (κ1) is 14.5. The Morgan fingerprint density at radius 2 is 1.60 bits per heavy atom. The number of carbonyl (C=O) groups excluding carboxylic acids is 1. The van der Waals surface area contributed by atoms with Crippen molar-refractivity contribution in [2.24, 2.45) is 0 Å². The second-order valence-electron chi connectivity index (χ2n) is 5.17. The van der Waals surface area contributed by atoms with Crippen LogP contribution in [0.25, 0.3) is 0 Å². The Morgan fingerprint density at radius 1 is 1.00 bits per heavy atom. The van der Waals surface area contributed by atoms with Crippen molar-refractivity contribution in [2.75, 3.05) is 0 Å². The normalized spacial score (nSPS) is 22.9. The average molecular weight is 277 g/mol. The van der Waals surface area contributed by atoms with E-state index >= 15 is 0 Å². The number of nitrogens with one attached hydrogen (secondary N) is 1. The predicted octanol–water partition coefficient (Wildman–Crippen LogP) is 1.81. The standard InChI is InChI=1S/C15H19NO4/c17-13-5-3-1-2-4-12(13)16-14(18)10-6-8-11(9-7-10)15(19)20/h6-9,12-13,17H,1-5H2,(H,16,18)(H,19,20). The van der Waals surface area contributed by atoms with Gasteiger partial charge in [0.2, 0.25) is 0 Å². The summed E-state index contributed by atoms with van der Waals surface area (Å²) in [4.78, 5) is 22.8. The lowest BCUT2D eigenvalue weighted by molar-refractivity contribution is 0.0696. The van der Waals surface area contributed by atoms with Crippen LogP contribution in [0.5, 0.6) is 0 Å². The second kappa shape index (κ2) is 6.52. The molecule has 1 aliphatic carbocycles. The molecule has 0 radical (unpaired) electrons. The van der Waals surface area contributed by atoms with Crippen LogP contribution in [0.2, 0.25) is 0 Å². The summed E-state index contributed by atoms with van der Waals surface area (Å²) in [5.74, 6) is -1.29. The zero-order valence-electron chi connectivity index (χ0n) is 11.2. The molecule has 0 bridgehead atoms. The number of aliphatic hydroxyl groups is 1. The highest BCUT2D eigenvalue weighted by Crippen LogP contribution is 2.18. The molecule has 1 aromatic rings. The topological polar surface area (TPSA) is 86.6 Å². The quantitative estimate of drug-likeness (QED) is 0.735. The van der Waals surface area contributed by atoms with Crippen LogP contribution in [-0.2, 0) is 0 Å². The first-order chi connectivity index (χ1) is 9.58. The molecule has 0 spiro atoms. The third-order valence-electron chi connectivity index (χ3n) is 3.69. The van der Waals surface area contributed by atoms with Gasteiger partial charge in [-0.25, -0.2) is 4.79 Å². The molecular weight excluding hydrogens is 258 g/mol. The number of benzene rings is 1. The predicted molar refractivity (Wildman–Crippen MR) is 73.7 cm³/mol. The van der Waals surface area contributed by atoms with E-state index in [1.165, 1.54) is 24.3 Å². The van der Waals surface area contributed by atoms with E-state index in [9.17, 15) is 14.7 Å². The minimum Gasteiger partial charge on any atom is -0.478 e. The van der Waals surface area contributed by atoms with Gasteiger partial charge in [0.05, 0.1) is 17.7 Å². The number of hydrogen-bond donors (Lipinski definition) is 3. The van der Waals surface area contributed by atoms with Crippen LogP contribution >= 0.6 is 0 Å². The lowest BCUT2D eigenvalue weighted by Gasteiger charge is -2.21. The fourth-order valence-corrected chi connectivity index (χ4v) is 2.47. The summed E-state index contributed by atoms with van der Waals surface area (Å²) in [6.45, 7) is 0. The first-order valence-electron chi connectivity index (χ1n) is 6.90. The number of aliphatic hydroxyl groups excluding tert-OH is 1. The molecular formula is C15H19NO4. The Balaban J connectivity index is 2.01. The van der Waals surface area contributed by atoms with Crippen LogP contribution in [0.1, 0.15) is 52.8 Å². The fraction of sp³-hybridized carbons (Fsp3) is 0.467. The zero-order chi connectivity index (χ0) is 14.5. The molecule has 1 fully saturated rings. The molecule has 1 aromatic carbocycles. The SMILES string of the molecule is O=C(O)c1ccc(C(=O)NC2CCCCCC2O)cc1. The van der Waals surface area contributed by atoms with Crippen molar-refractivity contribution >= 4 is 11.9 Å². The Morgan fingerprint density at radius 3 is 2.25 bits per heavy atom. The van der Waals surface area contributed by atoms with Gasteiger partial charge in [-0.3, -0.25) is 4.79 Å². The Hall–Kier alpha value is -1.88. The maximum absolute atomic E-state index is 12.1. The van der Waals surface area contributed by atoms with Gasteiger partial charge in [-0.05, 0) is 37.1 Å². The minimum absolute atomic E-state index is 0.149. The number of carbonyl (C=O) groups is 2.